The van der Waals surface area contributed by atoms with E-state index in [2.05, 4.69) is 15.5 Å². The summed E-state index contributed by atoms with van der Waals surface area (Å²) in [6.45, 7) is 0.823. The standard InChI is InChI=1S/C13H16N4O2.ClH/c18-17(19)12-7-4-3-6-11(12)10-15-16-13-8-2-1-5-9-14-13;/h3-4,6-7,10H,1-2,5,8-9H2,(H,14,16);1H/b15-10+;. The van der Waals surface area contributed by atoms with Crippen LogP contribution in [0.25, 0.3) is 0 Å². The molecule has 1 aliphatic rings. The van der Waals surface area contributed by atoms with Gasteiger partial charge >= 0.3 is 0 Å². The fourth-order valence-corrected chi connectivity index (χ4v) is 1.90. The van der Waals surface area contributed by atoms with E-state index in [9.17, 15) is 10.1 Å². The van der Waals surface area contributed by atoms with Crippen molar-refractivity contribution >= 4 is 30.1 Å². The second-order valence-corrected chi connectivity index (χ2v) is 4.33. The molecule has 0 aromatic heterocycles. The number of benzene rings is 1. The maximum absolute atomic E-state index is 10.8. The highest BCUT2D eigenvalue weighted by molar-refractivity contribution is 5.87. The molecule has 1 N–H and O–H groups in total. The Hall–Kier alpha value is -1.95. The summed E-state index contributed by atoms with van der Waals surface area (Å²) in [6.07, 6.45) is 5.74. The van der Waals surface area contributed by atoms with Crippen molar-refractivity contribution in [3.8, 4) is 0 Å². The minimum Gasteiger partial charge on any atom is -0.271 e. The topological polar surface area (TPSA) is 79.9 Å². The predicted octanol–water partition coefficient (Wildman–Crippen LogP) is 2.91. The van der Waals surface area contributed by atoms with E-state index in [0.717, 1.165) is 31.6 Å². The van der Waals surface area contributed by atoms with Crippen LogP contribution in [-0.4, -0.2) is 23.5 Å². The van der Waals surface area contributed by atoms with Crippen molar-refractivity contribution in [3.05, 3.63) is 39.9 Å². The Kier molecular flexibility index (Phi) is 6.66. The number of nitro benzene ring substituents is 1. The molecule has 0 fully saturated rings. The fraction of sp³-hybridized carbons (Fsp3) is 0.385. The van der Waals surface area contributed by atoms with Gasteiger partial charge in [0.1, 0.15) is 5.84 Å². The minimum atomic E-state index is -0.412. The predicted molar refractivity (Wildman–Crippen MR) is 81.8 cm³/mol. The van der Waals surface area contributed by atoms with Crippen molar-refractivity contribution in [3.63, 3.8) is 0 Å². The minimum absolute atomic E-state index is 0. The number of amidine groups is 1. The van der Waals surface area contributed by atoms with Crippen LogP contribution in [-0.2, 0) is 0 Å². The van der Waals surface area contributed by atoms with E-state index in [4.69, 9.17) is 0 Å². The van der Waals surface area contributed by atoms with E-state index in [0.29, 0.717) is 5.56 Å². The molecular weight excluding hydrogens is 280 g/mol. The fourth-order valence-electron chi connectivity index (χ4n) is 1.90. The van der Waals surface area contributed by atoms with Gasteiger partial charge in [-0.25, -0.2) is 0 Å². The summed E-state index contributed by atoms with van der Waals surface area (Å²) >= 11 is 0. The van der Waals surface area contributed by atoms with Gasteiger partial charge in [0.25, 0.3) is 5.69 Å². The summed E-state index contributed by atoms with van der Waals surface area (Å²) in [5, 5.41) is 14.9. The monoisotopic (exact) mass is 296 g/mol. The van der Waals surface area contributed by atoms with Gasteiger partial charge < -0.3 is 0 Å². The molecule has 0 atom stereocenters. The van der Waals surface area contributed by atoms with Crippen LogP contribution in [0.15, 0.2) is 34.4 Å². The molecule has 20 heavy (non-hydrogen) atoms. The van der Waals surface area contributed by atoms with E-state index >= 15 is 0 Å². The first kappa shape index (κ1) is 16.1. The molecule has 0 saturated carbocycles. The zero-order chi connectivity index (χ0) is 13.5. The number of nitrogens with one attached hydrogen (secondary N) is 1. The number of hydrogen-bond acceptors (Lipinski definition) is 5. The maximum atomic E-state index is 10.8. The molecule has 0 bridgehead atoms. The van der Waals surface area contributed by atoms with Gasteiger partial charge in [-0.15, -0.1) is 12.4 Å². The lowest BCUT2D eigenvalue weighted by Gasteiger charge is -2.02. The summed E-state index contributed by atoms with van der Waals surface area (Å²) in [6, 6.07) is 6.51. The summed E-state index contributed by atoms with van der Waals surface area (Å²) < 4.78 is 0. The van der Waals surface area contributed by atoms with Gasteiger partial charge in [0, 0.05) is 19.0 Å². The van der Waals surface area contributed by atoms with Crippen LogP contribution in [0, 0.1) is 10.1 Å². The van der Waals surface area contributed by atoms with Crippen molar-refractivity contribution in [1.29, 1.82) is 0 Å². The SMILES string of the molecule is Cl.O=[N+]([O-])c1ccccc1/C=N/NC1=NCCCCC1. The second-order valence-electron chi connectivity index (χ2n) is 4.33. The summed E-state index contributed by atoms with van der Waals surface area (Å²) in [5.41, 5.74) is 3.41. The van der Waals surface area contributed by atoms with Gasteiger partial charge in [0.05, 0.1) is 16.7 Å². The Labute approximate surface area is 123 Å². The lowest BCUT2D eigenvalue weighted by atomic mass is 10.2. The van der Waals surface area contributed by atoms with Crippen molar-refractivity contribution in [2.75, 3.05) is 6.54 Å². The van der Waals surface area contributed by atoms with Crippen LogP contribution in [0.5, 0.6) is 0 Å². The maximum Gasteiger partial charge on any atom is 0.278 e. The summed E-state index contributed by atoms with van der Waals surface area (Å²) in [4.78, 5) is 14.8. The quantitative estimate of drug-likeness (QED) is 0.529. The van der Waals surface area contributed by atoms with Crippen LogP contribution in [0.3, 0.4) is 0 Å². The van der Waals surface area contributed by atoms with Gasteiger partial charge in [-0.05, 0) is 18.9 Å². The van der Waals surface area contributed by atoms with Crippen molar-refractivity contribution < 1.29 is 4.92 Å². The number of halogens is 1. The number of rotatable bonds is 3. The van der Waals surface area contributed by atoms with E-state index in [1.165, 1.54) is 18.7 Å². The molecule has 0 aliphatic carbocycles. The Morgan fingerprint density at radius 2 is 2.10 bits per heavy atom. The van der Waals surface area contributed by atoms with E-state index < -0.39 is 4.92 Å². The smallest absolute Gasteiger partial charge is 0.271 e. The van der Waals surface area contributed by atoms with Gasteiger partial charge in [0.15, 0.2) is 0 Å². The van der Waals surface area contributed by atoms with Gasteiger partial charge in [-0.2, -0.15) is 5.10 Å². The van der Waals surface area contributed by atoms with Crippen molar-refractivity contribution in [2.45, 2.75) is 25.7 Å². The largest absolute Gasteiger partial charge is 0.278 e. The molecule has 1 aromatic rings. The van der Waals surface area contributed by atoms with Crippen molar-refractivity contribution in [1.82, 2.24) is 5.43 Å². The highest BCUT2D eigenvalue weighted by atomic mass is 35.5. The molecule has 7 heteroatoms. The third-order valence-electron chi connectivity index (χ3n) is 2.91. The lowest BCUT2D eigenvalue weighted by Crippen LogP contribution is -2.17. The molecule has 6 nitrogen and oxygen atoms in total. The van der Waals surface area contributed by atoms with E-state index in [1.54, 1.807) is 18.2 Å². The van der Waals surface area contributed by atoms with Gasteiger partial charge in [0.2, 0.25) is 0 Å². The van der Waals surface area contributed by atoms with Crippen LogP contribution in [0.2, 0.25) is 0 Å². The van der Waals surface area contributed by atoms with E-state index in [-0.39, 0.29) is 18.1 Å². The first-order chi connectivity index (χ1) is 9.27. The summed E-state index contributed by atoms with van der Waals surface area (Å²) in [7, 11) is 0. The molecule has 0 saturated heterocycles. The van der Waals surface area contributed by atoms with Crippen LogP contribution in [0.1, 0.15) is 31.2 Å². The first-order valence-electron chi connectivity index (χ1n) is 6.33. The zero-order valence-electron chi connectivity index (χ0n) is 11.0. The second kappa shape index (κ2) is 8.27. The molecule has 1 aromatic carbocycles. The average Bonchev–Trinajstić information content (AvgIpc) is 2.68. The molecule has 0 amide bonds. The highest BCUT2D eigenvalue weighted by Crippen LogP contribution is 2.15. The Morgan fingerprint density at radius 3 is 2.90 bits per heavy atom. The lowest BCUT2D eigenvalue weighted by molar-refractivity contribution is -0.385. The molecule has 0 radical (unpaired) electrons. The number of hydrazone groups is 1. The van der Waals surface area contributed by atoms with Gasteiger partial charge in [-0.3, -0.25) is 20.5 Å². The molecule has 108 valence electrons. The first-order valence-corrected chi connectivity index (χ1v) is 6.33. The Bertz CT molecular complexity index is 517. The average molecular weight is 297 g/mol. The molecular formula is C13H17ClN4O2. The Morgan fingerprint density at radius 1 is 1.30 bits per heavy atom. The number of nitrogens with zero attached hydrogens (tertiary/aromatic N) is 3. The third-order valence-corrected chi connectivity index (χ3v) is 2.91. The number of para-hydroxylation sites is 1. The molecule has 0 unspecified atom stereocenters. The number of hydrogen-bond donors (Lipinski definition) is 1. The van der Waals surface area contributed by atoms with Crippen molar-refractivity contribution in [2.24, 2.45) is 10.1 Å². The van der Waals surface area contributed by atoms with Crippen LogP contribution in [0.4, 0.5) is 5.69 Å². The number of nitro groups is 1. The highest BCUT2D eigenvalue weighted by Gasteiger charge is 2.10. The molecule has 1 heterocycles. The normalized spacial score (nSPS) is 15.1. The molecule has 2 rings (SSSR count). The third kappa shape index (κ3) is 4.62. The molecule has 0 spiro atoms. The summed E-state index contributed by atoms with van der Waals surface area (Å²) in [5.74, 6) is 0.854. The molecule has 1 aliphatic heterocycles. The Balaban J connectivity index is 0.00000200. The van der Waals surface area contributed by atoms with E-state index in [1.807, 2.05) is 0 Å². The van der Waals surface area contributed by atoms with Gasteiger partial charge in [-0.1, -0.05) is 18.6 Å². The van der Waals surface area contributed by atoms with Crippen LogP contribution < -0.4 is 5.43 Å². The number of aliphatic imine (C=N–C) groups is 1. The zero-order valence-corrected chi connectivity index (χ0v) is 11.8. The van der Waals surface area contributed by atoms with Crippen LogP contribution >= 0.6 is 12.4 Å².